The number of rotatable bonds is 16. The Hall–Kier alpha value is -4.30. The number of amides is 2. The number of hydrogen-bond donors (Lipinski definition) is 1. The summed E-state index contributed by atoms with van der Waals surface area (Å²) in [6.07, 6.45) is 3.56. The fraction of sp³-hybridized carbons (Fsp3) is 0.353. The van der Waals surface area contributed by atoms with Gasteiger partial charge in [-0.1, -0.05) is 42.5 Å². The van der Waals surface area contributed by atoms with Crippen LogP contribution in [0.5, 0.6) is 11.5 Å². The van der Waals surface area contributed by atoms with Crippen molar-refractivity contribution in [2.45, 2.75) is 32.7 Å². The van der Waals surface area contributed by atoms with Gasteiger partial charge < -0.3 is 29.0 Å². The number of carbonyl (C=O) groups is 2. The highest BCUT2D eigenvalue weighted by molar-refractivity contribution is 5.86. The summed E-state index contributed by atoms with van der Waals surface area (Å²) >= 11 is 0. The zero-order chi connectivity index (χ0) is 29.7. The number of ether oxygens (including phenoxy) is 3. The van der Waals surface area contributed by atoms with E-state index in [0.717, 1.165) is 39.1 Å². The highest BCUT2D eigenvalue weighted by atomic mass is 16.5. The molecule has 0 atom stereocenters. The first-order chi connectivity index (χ1) is 20.5. The van der Waals surface area contributed by atoms with Crippen molar-refractivity contribution in [1.82, 2.24) is 14.8 Å². The van der Waals surface area contributed by atoms with Crippen LogP contribution >= 0.6 is 0 Å². The number of aromatic nitrogens is 1. The predicted molar refractivity (Wildman–Crippen MR) is 165 cm³/mol. The van der Waals surface area contributed by atoms with Gasteiger partial charge in [0.1, 0.15) is 11.5 Å². The summed E-state index contributed by atoms with van der Waals surface area (Å²) in [5, 5.41) is 1.15. The molecule has 8 nitrogen and oxygen atoms in total. The number of hydrogen-bond acceptors (Lipinski definition) is 5. The molecule has 0 aliphatic rings. The fourth-order valence-corrected chi connectivity index (χ4v) is 4.95. The maximum atomic E-state index is 13.9. The molecule has 3 aromatic carbocycles. The third kappa shape index (κ3) is 8.60. The molecule has 0 saturated heterocycles. The Labute approximate surface area is 248 Å². The monoisotopic (exact) mass is 571 g/mol. The van der Waals surface area contributed by atoms with E-state index in [1.807, 2.05) is 84.8 Å². The van der Waals surface area contributed by atoms with Crippen LogP contribution in [0.3, 0.4) is 0 Å². The Kier molecular flexibility index (Phi) is 11.4. The number of methoxy groups -OCH3 is 2. The summed E-state index contributed by atoms with van der Waals surface area (Å²) < 4.78 is 16.1. The Bertz CT molecular complexity index is 1420. The van der Waals surface area contributed by atoms with Gasteiger partial charge in [0.05, 0.1) is 26.7 Å². The van der Waals surface area contributed by atoms with E-state index in [1.54, 1.807) is 19.1 Å². The zero-order valence-electron chi connectivity index (χ0n) is 24.8. The molecule has 0 unspecified atom stereocenters. The number of nitrogens with one attached hydrogen (secondary N) is 1. The van der Waals surface area contributed by atoms with Crippen LogP contribution in [0.1, 0.15) is 30.0 Å². The topological polar surface area (TPSA) is 84.1 Å². The number of nitrogens with zero attached hydrogens (tertiary/aromatic N) is 2. The lowest BCUT2D eigenvalue weighted by atomic mass is 10.1. The second-order valence-corrected chi connectivity index (χ2v) is 10.2. The van der Waals surface area contributed by atoms with Crippen molar-refractivity contribution in [3.8, 4) is 11.5 Å². The summed E-state index contributed by atoms with van der Waals surface area (Å²) in [4.78, 5) is 34.1. The van der Waals surface area contributed by atoms with Crippen LogP contribution in [-0.4, -0.2) is 73.7 Å². The lowest BCUT2D eigenvalue weighted by molar-refractivity contribution is -0.140. The van der Waals surface area contributed by atoms with Gasteiger partial charge in [0.25, 0.3) is 0 Å². The summed E-state index contributed by atoms with van der Waals surface area (Å²) in [5.74, 6) is 1.34. The quantitative estimate of drug-likeness (QED) is 0.186. The molecule has 0 radical (unpaired) electrons. The van der Waals surface area contributed by atoms with Gasteiger partial charge in [0.2, 0.25) is 11.8 Å². The van der Waals surface area contributed by atoms with Crippen molar-refractivity contribution >= 4 is 22.7 Å². The van der Waals surface area contributed by atoms with E-state index < -0.39 is 0 Å². The summed E-state index contributed by atoms with van der Waals surface area (Å²) in [6.45, 7) is 4.46. The minimum absolute atomic E-state index is 0.00359. The fourth-order valence-electron chi connectivity index (χ4n) is 4.95. The number of para-hydroxylation sites is 1. The van der Waals surface area contributed by atoms with Crippen LogP contribution in [0.4, 0.5) is 0 Å². The highest BCUT2D eigenvalue weighted by Crippen LogP contribution is 2.20. The number of benzene rings is 3. The van der Waals surface area contributed by atoms with E-state index in [-0.39, 0.29) is 24.8 Å². The average Bonchev–Trinajstić information content (AvgIpc) is 3.43. The summed E-state index contributed by atoms with van der Waals surface area (Å²) in [6, 6.07) is 23.4. The van der Waals surface area contributed by atoms with E-state index >= 15 is 0 Å². The molecule has 0 spiro atoms. The molecule has 222 valence electrons. The van der Waals surface area contributed by atoms with Crippen LogP contribution in [0.25, 0.3) is 10.9 Å². The molecule has 4 aromatic rings. The van der Waals surface area contributed by atoms with Crippen molar-refractivity contribution in [1.29, 1.82) is 0 Å². The molecule has 0 aliphatic carbocycles. The Morgan fingerprint density at radius 3 is 2.24 bits per heavy atom. The number of carbonyl (C=O) groups excluding carboxylic acids is 2. The van der Waals surface area contributed by atoms with Crippen molar-refractivity contribution < 1.29 is 23.8 Å². The van der Waals surface area contributed by atoms with Crippen molar-refractivity contribution in [3.05, 3.63) is 95.7 Å². The van der Waals surface area contributed by atoms with Gasteiger partial charge in [0, 0.05) is 50.5 Å². The molecule has 0 aliphatic heterocycles. The molecule has 0 saturated carbocycles. The molecule has 0 bridgehead atoms. The number of H-pyrrole nitrogens is 1. The number of fused-ring (bicyclic) bond motifs is 1. The number of aromatic amines is 1. The van der Waals surface area contributed by atoms with Crippen LogP contribution in [0, 0.1) is 0 Å². The van der Waals surface area contributed by atoms with Gasteiger partial charge in [-0.15, -0.1) is 0 Å². The van der Waals surface area contributed by atoms with Crippen LogP contribution in [-0.2, 0) is 33.7 Å². The van der Waals surface area contributed by atoms with Crippen LogP contribution in [0.2, 0.25) is 0 Å². The summed E-state index contributed by atoms with van der Waals surface area (Å²) in [5.41, 5.74) is 4.10. The van der Waals surface area contributed by atoms with Crippen molar-refractivity contribution in [3.63, 3.8) is 0 Å². The molecule has 2 amide bonds. The van der Waals surface area contributed by atoms with Gasteiger partial charge >= 0.3 is 0 Å². The largest absolute Gasteiger partial charge is 0.497 e. The van der Waals surface area contributed by atoms with E-state index in [2.05, 4.69) is 11.1 Å². The van der Waals surface area contributed by atoms with E-state index in [9.17, 15) is 9.59 Å². The lowest BCUT2D eigenvalue weighted by Gasteiger charge is -2.28. The Morgan fingerprint density at radius 1 is 0.810 bits per heavy atom. The second-order valence-electron chi connectivity index (χ2n) is 10.2. The summed E-state index contributed by atoms with van der Waals surface area (Å²) in [7, 11) is 3.25. The standard InChI is InChI=1S/C34H41N3O5/c1-4-42-30-16-12-27(13-17-30)24-37(20-18-28-23-35-32-9-6-5-8-31(28)32)34(39)25-36(19-7-21-40-2)33(38)22-26-10-14-29(41-3)15-11-26/h5-6,8-17,23,35H,4,7,18-22,24-25H2,1-3H3. The molecule has 42 heavy (non-hydrogen) atoms. The van der Waals surface area contributed by atoms with E-state index in [0.29, 0.717) is 45.7 Å². The molecule has 1 N–H and O–H groups in total. The molecule has 0 fully saturated rings. The van der Waals surface area contributed by atoms with Crippen LogP contribution in [0.15, 0.2) is 79.0 Å². The van der Waals surface area contributed by atoms with Gasteiger partial charge in [-0.3, -0.25) is 9.59 Å². The normalized spacial score (nSPS) is 10.9. The van der Waals surface area contributed by atoms with Crippen molar-refractivity contribution in [2.75, 3.05) is 47.1 Å². The van der Waals surface area contributed by atoms with Gasteiger partial charge in [-0.2, -0.15) is 0 Å². The Balaban J connectivity index is 1.50. The van der Waals surface area contributed by atoms with Crippen LogP contribution < -0.4 is 9.47 Å². The molecule has 4 rings (SSSR count). The lowest BCUT2D eigenvalue weighted by Crippen LogP contribution is -2.44. The SMILES string of the molecule is CCOc1ccc(CN(CCc2c[nH]c3ccccc23)C(=O)CN(CCCOC)C(=O)Cc2ccc(OC)cc2)cc1. The molecule has 1 aromatic heterocycles. The maximum Gasteiger partial charge on any atom is 0.242 e. The first-order valence-corrected chi connectivity index (χ1v) is 14.4. The van der Waals surface area contributed by atoms with Crippen molar-refractivity contribution in [2.24, 2.45) is 0 Å². The average molecular weight is 572 g/mol. The molecule has 8 heteroatoms. The minimum Gasteiger partial charge on any atom is -0.497 e. The second kappa shape index (κ2) is 15.6. The third-order valence-corrected chi connectivity index (χ3v) is 7.26. The van der Waals surface area contributed by atoms with Gasteiger partial charge in [-0.25, -0.2) is 0 Å². The van der Waals surface area contributed by atoms with Gasteiger partial charge in [-0.05, 0) is 66.8 Å². The molecular weight excluding hydrogens is 530 g/mol. The minimum atomic E-state index is -0.0951. The highest BCUT2D eigenvalue weighted by Gasteiger charge is 2.22. The maximum absolute atomic E-state index is 13.9. The smallest absolute Gasteiger partial charge is 0.242 e. The Morgan fingerprint density at radius 2 is 1.52 bits per heavy atom. The predicted octanol–water partition coefficient (Wildman–Crippen LogP) is 5.25. The van der Waals surface area contributed by atoms with E-state index in [4.69, 9.17) is 14.2 Å². The first-order valence-electron chi connectivity index (χ1n) is 14.4. The van der Waals surface area contributed by atoms with E-state index in [1.165, 1.54) is 0 Å². The first kappa shape index (κ1) is 30.7. The third-order valence-electron chi connectivity index (χ3n) is 7.26. The molecule has 1 heterocycles. The molecular formula is C34H41N3O5. The van der Waals surface area contributed by atoms with Gasteiger partial charge in [0.15, 0.2) is 0 Å². The zero-order valence-corrected chi connectivity index (χ0v) is 24.8.